The van der Waals surface area contributed by atoms with E-state index in [4.69, 9.17) is 5.73 Å². The van der Waals surface area contributed by atoms with Gasteiger partial charge in [0.1, 0.15) is 5.82 Å². The molecular formula is C13H19ClF3NO. The van der Waals surface area contributed by atoms with Gasteiger partial charge in [0.2, 0.25) is 0 Å². The van der Waals surface area contributed by atoms with Crippen molar-refractivity contribution in [2.24, 2.45) is 11.7 Å². The summed E-state index contributed by atoms with van der Waals surface area (Å²) in [5, 5.41) is 9.78. The second kappa shape index (κ2) is 7.72. The van der Waals surface area contributed by atoms with E-state index in [9.17, 15) is 18.3 Å². The van der Waals surface area contributed by atoms with Gasteiger partial charge in [-0.3, -0.25) is 0 Å². The first-order valence-electron chi connectivity index (χ1n) is 5.91. The van der Waals surface area contributed by atoms with Crippen LogP contribution in [0.2, 0.25) is 0 Å². The van der Waals surface area contributed by atoms with Crippen LogP contribution in [0.3, 0.4) is 0 Å². The molecule has 2 atom stereocenters. The third kappa shape index (κ3) is 4.67. The minimum absolute atomic E-state index is 0. The fourth-order valence-electron chi connectivity index (χ4n) is 1.72. The molecule has 0 radical (unpaired) electrons. The van der Waals surface area contributed by atoms with Crippen molar-refractivity contribution < 1.29 is 18.3 Å². The van der Waals surface area contributed by atoms with Crippen LogP contribution in [0, 0.1) is 23.4 Å². The lowest BCUT2D eigenvalue weighted by Crippen LogP contribution is -2.28. The Morgan fingerprint density at radius 2 is 1.63 bits per heavy atom. The summed E-state index contributed by atoms with van der Waals surface area (Å²) in [7, 11) is 0. The molecule has 0 aliphatic heterocycles. The summed E-state index contributed by atoms with van der Waals surface area (Å²) in [4.78, 5) is 0. The number of hydrogen-bond donors (Lipinski definition) is 2. The largest absolute Gasteiger partial charge is 0.391 e. The monoisotopic (exact) mass is 297 g/mol. The normalized spacial score (nSPS) is 14.1. The van der Waals surface area contributed by atoms with Crippen LogP contribution in [0.5, 0.6) is 0 Å². The third-order valence-corrected chi connectivity index (χ3v) is 2.87. The highest BCUT2D eigenvalue weighted by atomic mass is 35.5. The zero-order valence-electron chi connectivity index (χ0n) is 10.9. The van der Waals surface area contributed by atoms with E-state index in [1.165, 1.54) is 0 Å². The zero-order chi connectivity index (χ0) is 13.9. The second-order valence-electron chi connectivity index (χ2n) is 4.82. The highest BCUT2D eigenvalue weighted by Gasteiger charge is 2.25. The van der Waals surface area contributed by atoms with E-state index in [0.717, 1.165) is 6.07 Å². The molecule has 0 saturated carbocycles. The van der Waals surface area contributed by atoms with Crippen LogP contribution in [0.25, 0.3) is 0 Å². The Morgan fingerprint density at radius 3 is 2.16 bits per heavy atom. The molecule has 0 aliphatic carbocycles. The van der Waals surface area contributed by atoms with Gasteiger partial charge in [-0.25, -0.2) is 13.2 Å². The smallest absolute Gasteiger partial charge is 0.166 e. The first-order chi connectivity index (χ1) is 8.34. The number of halogens is 4. The molecule has 110 valence electrons. The first kappa shape index (κ1) is 18.2. The van der Waals surface area contributed by atoms with E-state index in [0.29, 0.717) is 24.8 Å². The van der Waals surface area contributed by atoms with Crippen LogP contribution in [0.1, 0.15) is 38.3 Å². The van der Waals surface area contributed by atoms with Crippen molar-refractivity contribution in [3.05, 3.63) is 35.1 Å². The van der Waals surface area contributed by atoms with E-state index >= 15 is 0 Å². The van der Waals surface area contributed by atoms with E-state index in [1.807, 2.05) is 13.8 Å². The lowest BCUT2D eigenvalue weighted by Gasteiger charge is -2.21. The summed E-state index contributed by atoms with van der Waals surface area (Å²) < 4.78 is 39.9. The first-order valence-corrected chi connectivity index (χ1v) is 5.91. The molecule has 0 amide bonds. The Balaban J connectivity index is 0.00000324. The van der Waals surface area contributed by atoms with Crippen molar-refractivity contribution in [2.75, 3.05) is 0 Å². The van der Waals surface area contributed by atoms with Gasteiger partial charge >= 0.3 is 0 Å². The Hall–Kier alpha value is -0.780. The van der Waals surface area contributed by atoms with Crippen LogP contribution in [-0.4, -0.2) is 11.2 Å². The van der Waals surface area contributed by atoms with Crippen molar-refractivity contribution in [1.82, 2.24) is 0 Å². The molecule has 0 aromatic heterocycles. The molecular weight excluding hydrogens is 279 g/mol. The summed E-state index contributed by atoms with van der Waals surface area (Å²) in [5.74, 6) is -3.09. The Kier molecular flexibility index (Phi) is 7.41. The van der Waals surface area contributed by atoms with Crippen molar-refractivity contribution in [3.63, 3.8) is 0 Å². The van der Waals surface area contributed by atoms with Gasteiger partial charge in [-0.2, -0.15) is 0 Å². The predicted octanol–water partition coefficient (Wildman–Crippen LogP) is 3.32. The number of nitrogens with two attached hydrogens (primary N) is 1. The molecule has 1 rings (SSSR count). The number of rotatable bonds is 5. The van der Waals surface area contributed by atoms with Gasteiger partial charge in [0.05, 0.1) is 12.1 Å². The van der Waals surface area contributed by atoms with Crippen LogP contribution in [0.15, 0.2) is 12.1 Å². The highest BCUT2D eigenvalue weighted by molar-refractivity contribution is 5.85. The van der Waals surface area contributed by atoms with Gasteiger partial charge < -0.3 is 10.8 Å². The van der Waals surface area contributed by atoms with Gasteiger partial charge in [0.15, 0.2) is 11.6 Å². The van der Waals surface area contributed by atoms with Crippen LogP contribution >= 0.6 is 12.4 Å². The molecule has 6 heteroatoms. The molecule has 0 spiro atoms. The summed E-state index contributed by atoms with van der Waals surface area (Å²) in [6.45, 7) is 3.92. The average molecular weight is 298 g/mol. The third-order valence-electron chi connectivity index (χ3n) is 2.87. The lowest BCUT2D eigenvalue weighted by molar-refractivity contribution is 0.125. The molecule has 0 unspecified atom stereocenters. The molecule has 0 fully saturated rings. The molecule has 0 heterocycles. The maximum Gasteiger partial charge on any atom is 0.166 e. The fraction of sp³-hybridized carbons (Fsp3) is 0.538. The SMILES string of the molecule is CC(C)CC[C@@H](O)[C@@H](N)c1c(F)ccc(F)c1F.Cl. The van der Waals surface area contributed by atoms with Gasteiger partial charge in [-0.15, -0.1) is 12.4 Å². The molecule has 0 bridgehead atoms. The van der Waals surface area contributed by atoms with E-state index < -0.39 is 35.2 Å². The van der Waals surface area contributed by atoms with Crippen LogP contribution in [-0.2, 0) is 0 Å². The fourth-order valence-corrected chi connectivity index (χ4v) is 1.72. The lowest BCUT2D eigenvalue weighted by atomic mass is 9.95. The van der Waals surface area contributed by atoms with E-state index in [1.54, 1.807) is 0 Å². The highest BCUT2D eigenvalue weighted by Crippen LogP contribution is 2.25. The number of benzene rings is 1. The summed E-state index contributed by atoms with van der Waals surface area (Å²) in [6, 6.07) is 0.240. The molecule has 19 heavy (non-hydrogen) atoms. The van der Waals surface area contributed by atoms with E-state index in [2.05, 4.69) is 0 Å². The summed E-state index contributed by atoms with van der Waals surface area (Å²) >= 11 is 0. The average Bonchev–Trinajstić information content (AvgIpc) is 2.31. The predicted molar refractivity (Wildman–Crippen MR) is 70.6 cm³/mol. The van der Waals surface area contributed by atoms with Gasteiger partial charge in [0.25, 0.3) is 0 Å². The Labute approximate surface area is 117 Å². The second-order valence-corrected chi connectivity index (χ2v) is 4.82. The quantitative estimate of drug-likeness (QED) is 0.819. The summed E-state index contributed by atoms with van der Waals surface area (Å²) in [5.41, 5.74) is 5.01. The maximum absolute atomic E-state index is 13.5. The Bertz CT molecular complexity index is 415. The topological polar surface area (TPSA) is 46.2 Å². The van der Waals surface area contributed by atoms with Crippen molar-refractivity contribution in [3.8, 4) is 0 Å². The van der Waals surface area contributed by atoms with Gasteiger partial charge in [-0.1, -0.05) is 13.8 Å². The van der Waals surface area contributed by atoms with Crippen molar-refractivity contribution >= 4 is 12.4 Å². The molecule has 0 saturated heterocycles. The molecule has 1 aromatic carbocycles. The molecule has 1 aromatic rings. The Morgan fingerprint density at radius 1 is 1.11 bits per heavy atom. The number of aliphatic hydroxyl groups excluding tert-OH is 1. The number of hydrogen-bond acceptors (Lipinski definition) is 2. The standard InChI is InChI=1S/C13H18F3NO.ClH/c1-7(2)3-6-10(18)13(17)11-8(14)4-5-9(15)12(11)16;/h4-5,7,10,13,18H,3,6,17H2,1-2H3;1H/t10-,13-;/m1./s1. The number of aliphatic hydroxyl groups is 1. The molecule has 0 aliphatic rings. The minimum Gasteiger partial charge on any atom is -0.391 e. The summed E-state index contributed by atoms with van der Waals surface area (Å²) in [6.07, 6.45) is -0.111. The van der Waals surface area contributed by atoms with Crippen molar-refractivity contribution in [2.45, 2.75) is 38.8 Å². The van der Waals surface area contributed by atoms with Gasteiger partial charge in [-0.05, 0) is 30.9 Å². The molecule has 2 nitrogen and oxygen atoms in total. The molecule has 3 N–H and O–H groups in total. The van der Waals surface area contributed by atoms with Crippen molar-refractivity contribution in [1.29, 1.82) is 0 Å². The minimum atomic E-state index is -1.33. The zero-order valence-corrected chi connectivity index (χ0v) is 11.7. The van der Waals surface area contributed by atoms with E-state index in [-0.39, 0.29) is 12.4 Å². The van der Waals surface area contributed by atoms with Crippen LogP contribution in [0.4, 0.5) is 13.2 Å². The maximum atomic E-state index is 13.5. The van der Waals surface area contributed by atoms with Crippen LogP contribution < -0.4 is 5.73 Å². The van der Waals surface area contributed by atoms with Gasteiger partial charge in [0, 0.05) is 5.56 Å².